The number of hydrogen-bond acceptors (Lipinski definition) is 3. The Kier molecular flexibility index (Phi) is 7.76. The molecule has 21 heavy (non-hydrogen) atoms. The molecular formula is C18H31NO2. The van der Waals surface area contributed by atoms with Crippen molar-refractivity contribution in [2.75, 3.05) is 13.2 Å². The average Bonchev–Trinajstić information content (AvgIpc) is 2.48. The Balaban J connectivity index is 2.77. The maximum absolute atomic E-state index is 10.6. The second-order valence-electron chi connectivity index (χ2n) is 6.18. The van der Waals surface area contributed by atoms with Crippen molar-refractivity contribution in [2.45, 2.75) is 52.6 Å². The highest BCUT2D eigenvalue weighted by atomic mass is 16.5. The molecule has 2 atom stereocenters. The highest BCUT2D eigenvalue weighted by Crippen LogP contribution is 2.28. The summed E-state index contributed by atoms with van der Waals surface area (Å²) in [5.41, 5.74) is 6.99. The van der Waals surface area contributed by atoms with Crippen LogP contribution in [0.1, 0.15) is 52.0 Å². The normalized spacial score (nSPS) is 14.5. The SMILES string of the molecule is CCC(CC)C(O)C(CN)c1ccc(OCC(C)C)cc1. The van der Waals surface area contributed by atoms with Gasteiger partial charge in [0.15, 0.2) is 0 Å². The minimum Gasteiger partial charge on any atom is -0.493 e. The third-order valence-corrected chi connectivity index (χ3v) is 4.09. The first kappa shape index (κ1) is 18.0. The summed E-state index contributed by atoms with van der Waals surface area (Å²) in [6, 6.07) is 8.00. The van der Waals surface area contributed by atoms with Crippen molar-refractivity contribution in [3.05, 3.63) is 29.8 Å². The standard InChI is InChI=1S/C18H31NO2/c1-5-14(6-2)18(20)17(11-19)15-7-9-16(10-8-15)21-12-13(3)4/h7-10,13-14,17-18,20H,5-6,11-12,19H2,1-4H3. The minimum atomic E-state index is -0.382. The number of rotatable bonds is 9. The van der Waals surface area contributed by atoms with Gasteiger partial charge in [0.1, 0.15) is 5.75 Å². The van der Waals surface area contributed by atoms with Crippen LogP contribution in [0.4, 0.5) is 0 Å². The van der Waals surface area contributed by atoms with Crippen LogP contribution in [-0.4, -0.2) is 24.4 Å². The fraction of sp³-hybridized carbons (Fsp3) is 0.667. The van der Waals surface area contributed by atoms with E-state index in [1.165, 1.54) is 0 Å². The van der Waals surface area contributed by atoms with Gasteiger partial charge in [-0.25, -0.2) is 0 Å². The van der Waals surface area contributed by atoms with Gasteiger partial charge in [0.25, 0.3) is 0 Å². The number of nitrogens with two attached hydrogens (primary N) is 1. The summed E-state index contributed by atoms with van der Waals surface area (Å²) in [7, 11) is 0. The Morgan fingerprint density at radius 1 is 1.10 bits per heavy atom. The molecule has 0 fully saturated rings. The lowest BCUT2D eigenvalue weighted by Gasteiger charge is -2.28. The lowest BCUT2D eigenvalue weighted by Crippen LogP contribution is -2.32. The van der Waals surface area contributed by atoms with Gasteiger partial charge in [-0.1, -0.05) is 52.7 Å². The molecule has 3 N–H and O–H groups in total. The maximum atomic E-state index is 10.6. The lowest BCUT2D eigenvalue weighted by molar-refractivity contribution is 0.0779. The molecule has 0 aromatic heterocycles. The van der Waals surface area contributed by atoms with Gasteiger partial charge in [-0.05, 0) is 29.5 Å². The zero-order chi connectivity index (χ0) is 15.8. The quantitative estimate of drug-likeness (QED) is 0.732. The van der Waals surface area contributed by atoms with E-state index in [1.807, 2.05) is 24.3 Å². The van der Waals surface area contributed by atoms with Gasteiger partial charge < -0.3 is 15.6 Å². The molecule has 0 saturated carbocycles. The van der Waals surface area contributed by atoms with E-state index in [0.29, 0.717) is 18.4 Å². The summed E-state index contributed by atoms with van der Waals surface area (Å²) in [5.74, 6) is 1.68. The molecule has 120 valence electrons. The molecule has 0 aliphatic rings. The van der Waals surface area contributed by atoms with E-state index in [1.54, 1.807) is 0 Å². The summed E-state index contributed by atoms with van der Waals surface area (Å²) in [6.07, 6.45) is 1.57. The smallest absolute Gasteiger partial charge is 0.119 e. The molecule has 0 spiro atoms. The van der Waals surface area contributed by atoms with Crippen LogP contribution in [0.5, 0.6) is 5.75 Å². The molecule has 0 aliphatic heterocycles. The summed E-state index contributed by atoms with van der Waals surface area (Å²) >= 11 is 0. The van der Waals surface area contributed by atoms with Gasteiger partial charge in [0.05, 0.1) is 12.7 Å². The predicted molar refractivity (Wildman–Crippen MR) is 88.6 cm³/mol. The van der Waals surface area contributed by atoms with E-state index >= 15 is 0 Å². The number of hydrogen-bond donors (Lipinski definition) is 2. The summed E-state index contributed by atoms with van der Waals surface area (Å²) < 4.78 is 5.69. The molecule has 1 rings (SSSR count). The van der Waals surface area contributed by atoms with Crippen molar-refractivity contribution in [1.82, 2.24) is 0 Å². The van der Waals surface area contributed by atoms with Crippen LogP contribution in [0, 0.1) is 11.8 Å². The molecule has 3 nitrogen and oxygen atoms in total. The first-order valence-corrected chi connectivity index (χ1v) is 8.14. The number of ether oxygens (including phenoxy) is 1. The van der Waals surface area contributed by atoms with Crippen LogP contribution in [0.15, 0.2) is 24.3 Å². The molecular weight excluding hydrogens is 262 g/mol. The van der Waals surface area contributed by atoms with Crippen molar-refractivity contribution in [3.8, 4) is 5.75 Å². The zero-order valence-electron chi connectivity index (χ0n) is 13.9. The molecule has 0 amide bonds. The highest BCUT2D eigenvalue weighted by molar-refractivity contribution is 5.30. The fourth-order valence-electron chi connectivity index (χ4n) is 2.65. The molecule has 0 aliphatic carbocycles. The van der Waals surface area contributed by atoms with E-state index in [4.69, 9.17) is 10.5 Å². The molecule has 0 heterocycles. The van der Waals surface area contributed by atoms with Crippen LogP contribution in [0.2, 0.25) is 0 Å². The van der Waals surface area contributed by atoms with Gasteiger partial charge in [-0.3, -0.25) is 0 Å². The van der Waals surface area contributed by atoms with Gasteiger partial charge in [-0.15, -0.1) is 0 Å². The number of aliphatic hydroxyl groups is 1. The molecule has 0 saturated heterocycles. The summed E-state index contributed by atoms with van der Waals surface area (Å²) in [6.45, 7) is 9.68. The van der Waals surface area contributed by atoms with Gasteiger partial charge in [-0.2, -0.15) is 0 Å². The highest BCUT2D eigenvalue weighted by Gasteiger charge is 2.25. The van der Waals surface area contributed by atoms with Crippen molar-refractivity contribution < 1.29 is 9.84 Å². The number of aliphatic hydroxyl groups excluding tert-OH is 1. The van der Waals surface area contributed by atoms with Crippen LogP contribution in [0.3, 0.4) is 0 Å². The molecule has 0 radical (unpaired) electrons. The monoisotopic (exact) mass is 293 g/mol. The van der Waals surface area contributed by atoms with Crippen LogP contribution in [0.25, 0.3) is 0 Å². The molecule has 0 bridgehead atoms. The Bertz CT molecular complexity index is 385. The minimum absolute atomic E-state index is 0.00551. The first-order chi connectivity index (χ1) is 10.0. The molecule has 2 unspecified atom stereocenters. The Hall–Kier alpha value is -1.06. The summed E-state index contributed by atoms with van der Waals surface area (Å²) in [5, 5.41) is 10.6. The van der Waals surface area contributed by atoms with Crippen LogP contribution < -0.4 is 10.5 Å². The maximum Gasteiger partial charge on any atom is 0.119 e. The molecule has 3 heteroatoms. The zero-order valence-corrected chi connectivity index (χ0v) is 13.9. The largest absolute Gasteiger partial charge is 0.493 e. The van der Waals surface area contributed by atoms with Crippen molar-refractivity contribution >= 4 is 0 Å². The Morgan fingerprint density at radius 2 is 1.67 bits per heavy atom. The Morgan fingerprint density at radius 3 is 2.10 bits per heavy atom. The third-order valence-electron chi connectivity index (χ3n) is 4.09. The molecule has 1 aromatic carbocycles. The second kappa shape index (κ2) is 9.06. The van der Waals surface area contributed by atoms with Crippen molar-refractivity contribution in [1.29, 1.82) is 0 Å². The van der Waals surface area contributed by atoms with Gasteiger partial charge >= 0.3 is 0 Å². The van der Waals surface area contributed by atoms with Gasteiger partial charge in [0, 0.05) is 12.5 Å². The predicted octanol–water partition coefficient (Wildman–Crippen LogP) is 3.56. The topological polar surface area (TPSA) is 55.5 Å². The first-order valence-electron chi connectivity index (χ1n) is 8.14. The fourth-order valence-corrected chi connectivity index (χ4v) is 2.65. The van der Waals surface area contributed by atoms with E-state index in [0.717, 1.165) is 30.8 Å². The molecule has 1 aromatic rings. The average molecular weight is 293 g/mol. The number of benzene rings is 1. The van der Waals surface area contributed by atoms with Gasteiger partial charge in [0.2, 0.25) is 0 Å². The second-order valence-corrected chi connectivity index (χ2v) is 6.18. The van der Waals surface area contributed by atoms with Crippen molar-refractivity contribution in [2.24, 2.45) is 17.6 Å². The van der Waals surface area contributed by atoms with E-state index < -0.39 is 0 Å². The van der Waals surface area contributed by atoms with E-state index in [9.17, 15) is 5.11 Å². The third kappa shape index (κ3) is 5.33. The van der Waals surface area contributed by atoms with E-state index in [2.05, 4.69) is 27.7 Å². The van der Waals surface area contributed by atoms with Crippen LogP contribution >= 0.6 is 0 Å². The van der Waals surface area contributed by atoms with Crippen molar-refractivity contribution in [3.63, 3.8) is 0 Å². The summed E-state index contributed by atoms with van der Waals surface area (Å²) in [4.78, 5) is 0. The van der Waals surface area contributed by atoms with E-state index in [-0.39, 0.29) is 12.0 Å². The van der Waals surface area contributed by atoms with Crippen LogP contribution in [-0.2, 0) is 0 Å². The lowest BCUT2D eigenvalue weighted by atomic mass is 9.83. The Labute approximate surface area is 129 Å².